The van der Waals surface area contributed by atoms with Gasteiger partial charge in [0.25, 0.3) is 0 Å². The molecule has 114 valence electrons. The fourth-order valence-electron chi connectivity index (χ4n) is 2.53. The van der Waals surface area contributed by atoms with Crippen molar-refractivity contribution in [3.8, 4) is 5.75 Å². The van der Waals surface area contributed by atoms with Gasteiger partial charge >= 0.3 is 0 Å². The highest BCUT2D eigenvalue weighted by Crippen LogP contribution is 2.44. The lowest BCUT2D eigenvalue weighted by molar-refractivity contribution is 0.336. The molecule has 1 aliphatic rings. The Morgan fingerprint density at radius 3 is 2.86 bits per heavy atom. The van der Waals surface area contributed by atoms with E-state index in [4.69, 9.17) is 17.0 Å². The minimum atomic E-state index is 0.352. The molecule has 1 aliphatic carbocycles. The number of anilines is 1. The number of rotatable bonds is 5. The van der Waals surface area contributed by atoms with Crippen molar-refractivity contribution in [2.24, 2.45) is 0 Å². The SMILES string of the molecule is CCOc1ccccc1C1CC1NC(=S)Nc1ccccn1. The van der Waals surface area contributed by atoms with Crippen LogP contribution < -0.4 is 15.4 Å². The number of nitrogens with one attached hydrogen (secondary N) is 2. The summed E-state index contributed by atoms with van der Waals surface area (Å²) in [6, 6.07) is 14.3. The second kappa shape index (κ2) is 6.75. The zero-order valence-electron chi connectivity index (χ0n) is 12.5. The summed E-state index contributed by atoms with van der Waals surface area (Å²) >= 11 is 5.35. The number of benzene rings is 1. The first kappa shape index (κ1) is 14.8. The van der Waals surface area contributed by atoms with Crippen molar-refractivity contribution < 1.29 is 4.74 Å². The first-order chi connectivity index (χ1) is 10.8. The van der Waals surface area contributed by atoms with Gasteiger partial charge in [0.15, 0.2) is 5.11 Å². The van der Waals surface area contributed by atoms with E-state index in [-0.39, 0.29) is 0 Å². The van der Waals surface area contributed by atoms with Crippen molar-refractivity contribution in [2.75, 3.05) is 11.9 Å². The number of pyridine rings is 1. The van der Waals surface area contributed by atoms with Crippen LogP contribution in [0.3, 0.4) is 0 Å². The molecule has 2 aromatic rings. The van der Waals surface area contributed by atoms with Crippen LogP contribution in [0.4, 0.5) is 5.82 Å². The van der Waals surface area contributed by atoms with Gasteiger partial charge in [0.05, 0.1) is 6.61 Å². The first-order valence-electron chi connectivity index (χ1n) is 7.48. The fraction of sp³-hybridized carbons (Fsp3) is 0.294. The molecule has 3 rings (SSSR count). The molecule has 0 aliphatic heterocycles. The maximum atomic E-state index is 5.70. The van der Waals surface area contributed by atoms with Crippen LogP contribution in [0.25, 0.3) is 0 Å². The number of thiocarbonyl (C=S) groups is 1. The quantitative estimate of drug-likeness (QED) is 0.829. The summed E-state index contributed by atoms with van der Waals surface area (Å²) in [5, 5.41) is 7.06. The average Bonchev–Trinajstić information content (AvgIpc) is 3.28. The standard InChI is InChI=1S/C17H19N3OS/c1-2-21-15-8-4-3-7-12(15)13-11-14(13)19-17(22)20-16-9-5-6-10-18-16/h3-10,13-14H,2,11H2,1H3,(H2,18,19,20,22). The molecule has 0 bridgehead atoms. The fourth-order valence-corrected chi connectivity index (χ4v) is 2.79. The second-order valence-corrected chi connectivity index (χ2v) is 5.64. The Hall–Kier alpha value is -2.14. The van der Waals surface area contributed by atoms with E-state index in [0.29, 0.717) is 23.7 Å². The van der Waals surface area contributed by atoms with Crippen molar-refractivity contribution in [3.05, 3.63) is 54.2 Å². The van der Waals surface area contributed by atoms with Crippen LogP contribution in [0, 0.1) is 0 Å². The van der Waals surface area contributed by atoms with E-state index in [2.05, 4.69) is 27.8 Å². The van der Waals surface area contributed by atoms with E-state index in [1.54, 1.807) is 6.20 Å². The van der Waals surface area contributed by atoms with Gasteiger partial charge in [-0.15, -0.1) is 0 Å². The van der Waals surface area contributed by atoms with Crippen LogP contribution in [0.15, 0.2) is 48.7 Å². The molecule has 4 nitrogen and oxygen atoms in total. The summed E-state index contributed by atoms with van der Waals surface area (Å²) < 4.78 is 5.70. The Bertz CT molecular complexity index is 647. The molecule has 2 unspecified atom stereocenters. The number of para-hydroxylation sites is 1. The van der Waals surface area contributed by atoms with Gasteiger partial charge < -0.3 is 15.4 Å². The zero-order valence-corrected chi connectivity index (χ0v) is 13.3. The predicted octanol–water partition coefficient (Wildman–Crippen LogP) is 3.32. The van der Waals surface area contributed by atoms with Crippen molar-refractivity contribution in [1.29, 1.82) is 0 Å². The Morgan fingerprint density at radius 2 is 2.09 bits per heavy atom. The lowest BCUT2D eigenvalue weighted by Crippen LogP contribution is -2.31. The predicted molar refractivity (Wildman–Crippen MR) is 92.4 cm³/mol. The lowest BCUT2D eigenvalue weighted by Gasteiger charge is -2.12. The monoisotopic (exact) mass is 313 g/mol. The smallest absolute Gasteiger partial charge is 0.172 e. The number of ether oxygens (including phenoxy) is 1. The van der Waals surface area contributed by atoms with Gasteiger partial charge in [-0.05, 0) is 49.3 Å². The Balaban J connectivity index is 1.57. The van der Waals surface area contributed by atoms with E-state index >= 15 is 0 Å². The molecule has 22 heavy (non-hydrogen) atoms. The van der Waals surface area contributed by atoms with Gasteiger partial charge in [-0.25, -0.2) is 4.98 Å². The van der Waals surface area contributed by atoms with E-state index in [1.807, 2.05) is 37.3 Å². The third-order valence-electron chi connectivity index (χ3n) is 3.63. The molecular formula is C17H19N3OS. The molecule has 2 atom stereocenters. The number of hydrogen-bond acceptors (Lipinski definition) is 3. The number of nitrogens with zero attached hydrogens (tertiary/aromatic N) is 1. The van der Waals surface area contributed by atoms with Crippen LogP contribution in [0.5, 0.6) is 5.75 Å². The summed E-state index contributed by atoms with van der Waals surface area (Å²) in [7, 11) is 0. The van der Waals surface area contributed by atoms with Crippen molar-refractivity contribution >= 4 is 23.1 Å². The molecule has 1 aromatic heterocycles. The Morgan fingerprint density at radius 1 is 1.27 bits per heavy atom. The Kier molecular flexibility index (Phi) is 4.53. The molecular weight excluding hydrogens is 294 g/mol. The molecule has 0 amide bonds. The van der Waals surface area contributed by atoms with Gasteiger partial charge in [-0.2, -0.15) is 0 Å². The highest BCUT2D eigenvalue weighted by atomic mass is 32.1. The average molecular weight is 313 g/mol. The second-order valence-electron chi connectivity index (χ2n) is 5.23. The van der Waals surface area contributed by atoms with Gasteiger partial charge in [0.1, 0.15) is 11.6 Å². The van der Waals surface area contributed by atoms with Crippen LogP contribution in [0.1, 0.15) is 24.8 Å². The maximum absolute atomic E-state index is 5.70. The van der Waals surface area contributed by atoms with E-state index in [9.17, 15) is 0 Å². The van der Waals surface area contributed by atoms with Gasteiger partial charge in [-0.3, -0.25) is 0 Å². The molecule has 1 aromatic carbocycles. The number of hydrogen-bond donors (Lipinski definition) is 2. The Labute approximate surface area is 135 Å². The number of aromatic nitrogens is 1. The minimum Gasteiger partial charge on any atom is -0.494 e. The van der Waals surface area contributed by atoms with Crippen LogP contribution >= 0.6 is 12.2 Å². The largest absolute Gasteiger partial charge is 0.494 e. The molecule has 0 spiro atoms. The molecule has 0 saturated heterocycles. The summed E-state index contributed by atoms with van der Waals surface area (Å²) in [4.78, 5) is 4.20. The molecule has 1 fully saturated rings. The maximum Gasteiger partial charge on any atom is 0.172 e. The molecule has 5 heteroatoms. The van der Waals surface area contributed by atoms with Crippen LogP contribution in [-0.4, -0.2) is 22.7 Å². The third-order valence-corrected chi connectivity index (χ3v) is 3.85. The molecule has 1 saturated carbocycles. The zero-order chi connectivity index (χ0) is 15.4. The third kappa shape index (κ3) is 3.54. The van der Waals surface area contributed by atoms with Crippen molar-refractivity contribution in [3.63, 3.8) is 0 Å². The summed E-state index contributed by atoms with van der Waals surface area (Å²) in [6.45, 7) is 2.69. The molecule has 0 radical (unpaired) electrons. The van der Waals surface area contributed by atoms with E-state index in [1.165, 1.54) is 5.56 Å². The van der Waals surface area contributed by atoms with Crippen LogP contribution in [-0.2, 0) is 0 Å². The summed E-state index contributed by atoms with van der Waals surface area (Å²) in [6.07, 6.45) is 2.80. The van der Waals surface area contributed by atoms with Gasteiger partial charge in [0, 0.05) is 18.2 Å². The van der Waals surface area contributed by atoms with Gasteiger partial charge in [-0.1, -0.05) is 24.3 Å². The normalized spacial score (nSPS) is 19.3. The minimum absolute atomic E-state index is 0.352. The topological polar surface area (TPSA) is 46.2 Å². The van der Waals surface area contributed by atoms with Crippen molar-refractivity contribution in [2.45, 2.75) is 25.3 Å². The summed E-state index contributed by atoms with van der Waals surface area (Å²) in [5.41, 5.74) is 1.25. The van der Waals surface area contributed by atoms with E-state index < -0.39 is 0 Å². The molecule has 1 heterocycles. The highest BCUT2D eigenvalue weighted by Gasteiger charge is 2.40. The summed E-state index contributed by atoms with van der Waals surface area (Å²) in [5.74, 6) is 2.18. The highest BCUT2D eigenvalue weighted by molar-refractivity contribution is 7.80. The van der Waals surface area contributed by atoms with Crippen molar-refractivity contribution in [1.82, 2.24) is 10.3 Å². The lowest BCUT2D eigenvalue weighted by atomic mass is 10.1. The van der Waals surface area contributed by atoms with Crippen LogP contribution in [0.2, 0.25) is 0 Å². The van der Waals surface area contributed by atoms with Gasteiger partial charge in [0.2, 0.25) is 0 Å². The first-order valence-corrected chi connectivity index (χ1v) is 7.89. The molecule has 2 N–H and O–H groups in total. The van der Waals surface area contributed by atoms with E-state index in [0.717, 1.165) is 18.0 Å².